The molecule has 5 rings (SSSR count). The van der Waals surface area contributed by atoms with Gasteiger partial charge < -0.3 is 19.8 Å². The summed E-state index contributed by atoms with van der Waals surface area (Å²) in [6.45, 7) is 8.13. The Morgan fingerprint density at radius 1 is 1.00 bits per heavy atom. The standard InChI is InChI=1S/C31H53NO7S/c1-20(4-9-29(35)32(14-17-40(36,37)38)22-11-15-39-16-12-22)25-7-8-26-24-6-5-21-18-23(33)10-13-30(21,2)27(24)19-28(34)31(25,26)3/h20-28,33-34H,4-19H2,1-3H3,(H,36,37,38). The summed E-state index contributed by atoms with van der Waals surface area (Å²) in [5.74, 6) is 2.37. The number of rotatable bonds is 8. The molecule has 0 aromatic heterocycles. The molecule has 8 nitrogen and oxygen atoms in total. The van der Waals surface area contributed by atoms with Crippen LogP contribution in [-0.4, -0.2) is 77.8 Å². The highest BCUT2D eigenvalue weighted by Crippen LogP contribution is 2.68. The third-order valence-corrected chi connectivity index (χ3v) is 13.6. The van der Waals surface area contributed by atoms with Crippen molar-refractivity contribution in [2.45, 2.75) is 116 Å². The van der Waals surface area contributed by atoms with E-state index in [4.69, 9.17) is 4.74 Å². The van der Waals surface area contributed by atoms with Crippen LogP contribution in [-0.2, 0) is 19.6 Å². The summed E-state index contributed by atoms with van der Waals surface area (Å²) in [5.41, 5.74) is 0.0720. The Labute approximate surface area is 241 Å². The Bertz CT molecular complexity index is 1020. The van der Waals surface area contributed by atoms with Crippen LogP contribution in [0.25, 0.3) is 0 Å². The zero-order valence-corrected chi connectivity index (χ0v) is 25.7. The van der Waals surface area contributed by atoms with E-state index < -0.39 is 15.9 Å². The van der Waals surface area contributed by atoms with Crippen LogP contribution >= 0.6 is 0 Å². The van der Waals surface area contributed by atoms with E-state index in [-0.39, 0.29) is 47.4 Å². The van der Waals surface area contributed by atoms with Gasteiger partial charge in [0, 0.05) is 32.2 Å². The highest BCUT2D eigenvalue weighted by molar-refractivity contribution is 7.85. The smallest absolute Gasteiger partial charge is 0.266 e. The number of fused-ring (bicyclic) bond motifs is 5. The molecule has 230 valence electrons. The van der Waals surface area contributed by atoms with Gasteiger partial charge in [-0.1, -0.05) is 20.8 Å². The van der Waals surface area contributed by atoms with Gasteiger partial charge in [-0.05, 0) is 117 Å². The molecule has 0 aromatic rings. The lowest BCUT2D eigenvalue weighted by Crippen LogP contribution is -2.58. The van der Waals surface area contributed by atoms with Crippen LogP contribution in [0.1, 0.15) is 97.8 Å². The van der Waals surface area contributed by atoms with Gasteiger partial charge in [-0.2, -0.15) is 8.42 Å². The molecule has 4 aliphatic carbocycles. The predicted molar refractivity (Wildman–Crippen MR) is 153 cm³/mol. The molecule has 1 aliphatic heterocycles. The number of aliphatic hydroxyl groups excluding tert-OH is 2. The fraction of sp³-hybridized carbons (Fsp3) is 0.968. The van der Waals surface area contributed by atoms with Gasteiger partial charge in [0.15, 0.2) is 0 Å². The molecule has 40 heavy (non-hydrogen) atoms. The van der Waals surface area contributed by atoms with E-state index >= 15 is 0 Å². The third-order valence-electron chi connectivity index (χ3n) is 12.9. The zero-order chi connectivity index (χ0) is 28.9. The average Bonchev–Trinajstić information content (AvgIpc) is 3.27. The van der Waals surface area contributed by atoms with Gasteiger partial charge in [0.25, 0.3) is 10.1 Å². The van der Waals surface area contributed by atoms with Crippen LogP contribution < -0.4 is 0 Å². The number of nitrogens with zero attached hydrogens (tertiary/aromatic N) is 1. The van der Waals surface area contributed by atoms with Crippen molar-refractivity contribution in [1.82, 2.24) is 4.90 Å². The van der Waals surface area contributed by atoms with Crippen molar-refractivity contribution >= 4 is 16.0 Å². The van der Waals surface area contributed by atoms with Crippen molar-refractivity contribution in [2.24, 2.45) is 46.3 Å². The first-order chi connectivity index (χ1) is 18.8. The largest absolute Gasteiger partial charge is 0.393 e. The van der Waals surface area contributed by atoms with Gasteiger partial charge in [-0.3, -0.25) is 9.35 Å². The summed E-state index contributed by atoms with van der Waals surface area (Å²) >= 11 is 0. The summed E-state index contributed by atoms with van der Waals surface area (Å²) in [7, 11) is -4.15. The fourth-order valence-corrected chi connectivity index (χ4v) is 11.0. The summed E-state index contributed by atoms with van der Waals surface area (Å²) in [4.78, 5) is 15.1. The normalized spacial score (nSPS) is 42.9. The summed E-state index contributed by atoms with van der Waals surface area (Å²) in [6.07, 6.45) is 10.3. The molecule has 1 amide bonds. The molecular formula is C31H53NO7S. The number of carbonyl (C=O) groups excluding carboxylic acids is 1. The number of hydrogen-bond acceptors (Lipinski definition) is 6. The molecule has 5 aliphatic rings. The van der Waals surface area contributed by atoms with Crippen LogP contribution in [0.3, 0.4) is 0 Å². The number of aliphatic hydroxyl groups is 2. The first-order valence-electron chi connectivity index (χ1n) is 16.0. The molecule has 0 spiro atoms. The minimum Gasteiger partial charge on any atom is -0.393 e. The van der Waals surface area contributed by atoms with E-state index in [2.05, 4.69) is 20.8 Å². The maximum atomic E-state index is 13.4. The molecular weight excluding hydrogens is 530 g/mol. The highest BCUT2D eigenvalue weighted by atomic mass is 32.2. The van der Waals surface area contributed by atoms with E-state index in [1.165, 1.54) is 12.8 Å². The SMILES string of the molecule is CC(CCC(=O)N(CCS(=O)(=O)O)C1CCOCC1)C1CCC2C3CCC4CC(O)CCC4(C)C3CC(O)C12C. The van der Waals surface area contributed by atoms with Crippen molar-refractivity contribution in [3.63, 3.8) is 0 Å². The minimum atomic E-state index is -4.15. The van der Waals surface area contributed by atoms with Crippen LogP contribution in [0.2, 0.25) is 0 Å². The summed E-state index contributed by atoms with van der Waals surface area (Å²) < 4.78 is 37.7. The predicted octanol–water partition coefficient (Wildman–Crippen LogP) is 4.29. The van der Waals surface area contributed by atoms with Gasteiger partial charge in [-0.15, -0.1) is 0 Å². The Morgan fingerprint density at radius 2 is 1.73 bits per heavy atom. The quantitative estimate of drug-likeness (QED) is 0.364. The third kappa shape index (κ3) is 5.76. The number of hydrogen-bond donors (Lipinski definition) is 3. The molecule has 5 fully saturated rings. The number of carbonyl (C=O) groups is 1. The van der Waals surface area contributed by atoms with Gasteiger partial charge in [0.1, 0.15) is 0 Å². The molecule has 9 heteroatoms. The summed E-state index contributed by atoms with van der Waals surface area (Å²) in [5, 5.41) is 22.2. The Hall–Kier alpha value is -0.740. The molecule has 10 atom stereocenters. The monoisotopic (exact) mass is 583 g/mol. The first-order valence-corrected chi connectivity index (χ1v) is 17.6. The fourth-order valence-electron chi connectivity index (χ4n) is 10.6. The van der Waals surface area contributed by atoms with E-state index in [1.807, 2.05) is 0 Å². The Balaban J connectivity index is 1.25. The number of amides is 1. The second-order valence-corrected chi connectivity index (χ2v) is 16.2. The maximum absolute atomic E-state index is 13.4. The molecule has 10 unspecified atom stereocenters. The molecule has 4 saturated carbocycles. The van der Waals surface area contributed by atoms with Crippen molar-refractivity contribution in [3.05, 3.63) is 0 Å². The van der Waals surface area contributed by atoms with E-state index in [9.17, 15) is 28.0 Å². The van der Waals surface area contributed by atoms with E-state index in [0.29, 0.717) is 62.1 Å². The van der Waals surface area contributed by atoms with Crippen molar-refractivity contribution in [2.75, 3.05) is 25.5 Å². The molecule has 1 saturated heterocycles. The number of ether oxygens (including phenoxy) is 1. The van der Waals surface area contributed by atoms with E-state index in [0.717, 1.165) is 44.9 Å². The Kier molecular flexibility index (Phi) is 9.01. The molecule has 0 radical (unpaired) electrons. The lowest BCUT2D eigenvalue weighted by atomic mass is 9.43. The van der Waals surface area contributed by atoms with Gasteiger partial charge in [0.2, 0.25) is 5.91 Å². The second kappa shape index (κ2) is 11.7. The van der Waals surface area contributed by atoms with E-state index in [1.54, 1.807) is 4.90 Å². The Morgan fingerprint density at radius 3 is 2.42 bits per heavy atom. The lowest BCUT2D eigenvalue weighted by Gasteiger charge is -2.62. The minimum absolute atomic E-state index is 0.0124. The zero-order valence-electron chi connectivity index (χ0n) is 24.8. The summed E-state index contributed by atoms with van der Waals surface area (Å²) in [6, 6.07) is -0.0545. The van der Waals surface area contributed by atoms with Crippen molar-refractivity contribution in [3.8, 4) is 0 Å². The van der Waals surface area contributed by atoms with Crippen LogP contribution in [0.5, 0.6) is 0 Å². The van der Waals surface area contributed by atoms with Gasteiger partial charge >= 0.3 is 0 Å². The van der Waals surface area contributed by atoms with Crippen molar-refractivity contribution in [1.29, 1.82) is 0 Å². The van der Waals surface area contributed by atoms with Crippen molar-refractivity contribution < 1.29 is 32.7 Å². The average molecular weight is 584 g/mol. The lowest BCUT2D eigenvalue weighted by molar-refractivity contribution is -0.175. The molecule has 0 bridgehead atoms. The van der Waals surface area contributed by atoms with Crippen LogP contribution in [0.15, 0.2) is 0 Å². The van der Waals surface area contributed by atoms with Gasteiger partial charge in [0.05, 0.1) is 18.0 Å². The second-order valence-electron chi connectivity index (χ2n) is 14.6. The molecule has 0 aromatic carbocycles. The first kappa shape index (κ1) is 30.7. The van der Waals surface area contributed by atoms with Gasteiger partial charge in [-0.25, -0.2) is 0 Å². The highest BCUT2D eigenvalue weighted by Gasteiger charge is 2.63. The topological polar surface area (TPSA) is 124 Å². The molecule has 3 N–H and O–H groups in total. The maximum Gasteiger partial charge on any atom is 0.266 e. The van der Waals surface area contributed by atoms with Crippen LogP contribution in [0.4, 0.5) is 0 Å². The molecule has 1 heterocycles. The van der Waals surface area contributed by atoms with Crippen LogP contribution in [0, 0.1) is 46.3 Å².